The Morgan fingerprint density at radius 2 is 1.93 bits per heavy atom. The van der Waals surface area contributed by atoms with Gasteiger partial charge in [0.2, 0.25) is 0 Å². The Bertz CT molecular complexity index is 1200. The van der Waals surface area contributed by atoms with E-state index in [1.807, 2.05) is 24.3 Å². The van der Waals surface area contributed by atoms with Crippen molar-refractivity contribution >= 4 is 33.3 Å². The highest BCUT2D eigenvalue weighted by molar-refractivity contribution is 9.10. The zero-order valence-corrected chi connectivity index (χ0v) is 17.1. The number of imidazole rings is 1. The van der Waals surface area contributed by atoms with Crippen molar-refractivity contribution in [2.45, 2.75) is 6.54 Å². The van der Waals surface area contributed by atoms with Crippen LogP contribution in [-0.2, 0) is 6.54 Å². The fourth-order valence-corrected chi connectivity index (χ4v) is 3.21. The van der Waals surface area contributed by atoms with Crippen molar-refractivity contribution in [2.24, 2.45) is 0 Å². The molecule has 0 aliphatic heterocycles. The van der Waals surface area contributed by atoms with Gasteiger partial charge in [0.05, 0.1) is 24.0 Å². The van der Waals surface area contributed by atoms with Crippen LogP contribution in [0.1, 0.15) is 15.9 Å². The van der Waals surface area contributed by atoms with Crippen LogP contribution in [0.2, 0.25) is 0 Å². The van der Waals surface area contributed by atoms with Gasteiger partial charge in [-0.05, 0) is 29.8 Å². The fourth-order valence-electron chi connectivity index (χ4n) is 2.95. The van der Waals surface area contributed by atoms with Crippen LogP contribution in [0.4, 0.5) is 11.5 Å². The Kier molecular flexibility index (Phi) is 5.40. The predicted molar refractivity (Wildman–Crippen MR) is 114 cm³/mol. The Labute approximate surface area is 179 Å². The second kappa shape index (κ2) is 8.29. The Hall–Kier alpha value is -3.79. The van der Waals surface area contributed by atoms with Gasteiger partial charge in [0.1, 0.15) is 11.5 Å². The molecule has 10 heteroatoms. The Balaban J connectivity index is 1.56. The van der Waals surface area contributed by atoms with E-state index in [2.05, 4.69) is 31.3 Å². The van der Waals surface area contributed by atoms with Crippen LogP contribution in [0.3, 0.4) is 0 Å². The average molecular weight is 467 g/mol. The number of carbonyl (C=O) groups is 1. The number of halogens is 1. The van der Waals surface area contributed by atoms with Crippen LogP contribution < -0.4 is 5.32 Å². The van der Waals surface area contributed by atoms with Crippen molar-refractivity contribution in [3.05, 3.63) is 99.2 Å². The lowest BCUT2D eigenvalue weighted by Crippen LogP contribution is -2.16. The third-order valence-electron chi connectivity index (χ3n) is 4.42. The molecule has 0 unspecified atom stereocenters. The molecule has 0 aliphatic carbocycles. The number of nitro benzene ring substituents is 1. The number of hydrogen-bond acceptors (Lipinski definition) is 5. The number of rotatable bonds is 6. The molecule has 0 radical (unpaired) electrons. The first kappa shape index (κ1) is 19.5. The standard InChI is InChI=1S/C20H15BrN6O3/c21-16-4-1-14(2-5-16)12-26-19(7-8-23-26)24-20(28)15-3-6-17(18(11-15)27(29)30)25-10-9-22-13-25/h1-11,13H,12H2,(H,24,28). The fraction of sp³-hybridized carbons (Fsp3) is 0.0500. The summed E-state index contributed by atoms with van der Waals surface area (Å²) in [7, 11) is 0. The molecule has 2 heterocycles. The van der Waals surface area contributed by atoms with E-state index >= 15 is 0 Å². The minimum absolute atomic E-state index is 0.168. The number of benzene rings is 2. The van der Waals surface area contributed by atoms with Gasteiger partial charge in [-0.25, -0.2) is 9.67 Å². The summed E-state index contributed by atoms with van der Waals surface area (Å²) >= 11 is 3.40. The summed E-state index contributed by atoms with van der Waals surface area (Å²) < 4.78 is 4.14. The molecule has 2 aromatic heterocycles. The molecule has 0 bridgehead atoms. The third-order valence-corrected chi connectivity index (χ3v) is 4.95. The topological polar surface area (TPSA) is 108 Å². The highest BCUT2D eigenvalue weighted by Crippen LogP contribution is 2.25. The van der Waals surface area contributed by atoms with Crippen LogP contribution in [0, 0.1) is 10.1 Å². The quantitative estimate of drug-likeness (QED) is 0.340. The monoisotopic (exact) mass is 466 g/mol. The minimum Gasteiger partial charge on any atom is -0.307 e. The van der Waals surface area contributed by atoms with Crippen molar-refractivity contribution in [3.63, 3.8) is 0 Å². The lowest BCUT2D eigenvalue weighted by molar-refractivity contribution is -0.384. The van der Waals surface area contributed by atoms with Gasteiger partial charge in [0.15, 0.2) is 0 Å². The second-order valence-electron chi connectivity index (χ2n) is 6.39. The number of nitrogens with one attached hydrogen (secondary N) is 1. The minimum atomic E-state index is -0.524. The van der Waals surface area contributed by atoms with Crippen molar-refractivity contribution in [2.75, 3.05) is 5.32 Å². The molecule has 9 nitrogen and oxygen atoms in total. The maximum atomic E-state index is 12.7. The highest BCUT2D eigenvalue weighted by atomic mass is 79.9. The number of anilines is 1. The first-order valence-electron chi connectivity index (χ1n) is 8.85. The molecule has 30 heavy (non-hydrogen) atoms. The first-order valence-corrected chi connectivity index (χ1v) is 9.65. The largest absolute Gasteiger partial charge is 0.307 e. The van der Waals surface area contributed by atoms with Crippen LogP contribution in [0.5, 0.6) is 0 Å². The molecule has 1 N–H and O–H groups in total. The summed E-state index contributed by atoms with van der Waals surface area (Å²) in [6.45, 7) is 0.468. The zero-order chi connectivity index (χ0) is 21.1. The number of carbonyl (C=O) groups excluding carboxylic acids is 1. The van der Waals surface area contributed by atoms with Crippen molar-refractivity contribution in [3.8, 4) is 5.69 Å². The summed E-state index contributed by atoms with van der Waals surface area (Å²) in [5.74, 6) is 0.0251. The molecule has 4 rings (SSSR count). The molecule has 0 aliphatic rings. The SMILES string of the molecule is O=C(Nc1ccnn1Cc1ccc(Br)cc1)c1ccc(-n2ccnc2)c([N+](=O)[O-])c1. The normalized spacial score (nSPS) is 10.7. The highest BCUT2D eigenvalue weighted by Gasteiger charge is 2.19. The van der Waals surface area contributed by atoms with Gasteiger partial charge < -0.3 is 9.88 Å². The van der Waals surface area contributed by atoms with Crippen LogP contribution in [0.25, 0.3) is 5.69 Å². The number of nitro groups is 1. The predicted octanol–water partition coefficient (Wildman–Crippen LogP) is 4.04. The van der Waals surface area contributed by atoms with Gasteiger partial charge in [-0.3, -0.25) is 14.9 Å². The molecule has 1 amide bonds. The average Bonchev–Trinajstić information content (AvgIpc) is 3.42. The molecular weight excluding hydrogens is 452 g/mol. The summed E-state index contributed by atoms with van der Waals surface area (Å²) in [6, 6.07) is 13.7. The molecule has 0 fully saturated rings. The molecule has 4 aromatic rings. The maximum Gasteiger partial charge on any atom is 0.294 e. The van der Waals surface area contributed by atoms with E-state index in [1.165, 1.54) is 35.3 Å². The van der Waals surface area contributed by atoms with E-state index in [0.717, 1.165) is 10.0 Å². The Morgan fingerprint density at radius 3 is 2.63 bits per heavy atom. The van der Waals surface area contributed by atoms with E-state index in [9.17, 15) is 14.9 Å². The number of hydrogen-bond donors (Lipinski definition) is 1. The van der Waals surface area contributed by atoms with E-state index in [4.69, 9.17) is 0 Å². The van der Waals surface area contributed by atoms with Gasteiger partial charge in [-0.1, -0.05) is 28.1 Å². The van der Waals surface area contributed by atoms with Crippen molar-refractivity contribution in [1.29, 1.82) is 0 Å². The van der Waals surface area contributed by atoms with E-state index in [-0.39, 0.29) is 11.3 Å². The lowest BCUT2D eigenvalue weighted by Gasteiger charge is -2.10. The summed E-state index contributed by atoms with van der Waals surface area (Å²) in [4.78, 5) is 27.6. The van der Waals surface area contributed by atoms with Crippen LogP contribution in [-0.4, -0.2) is 30.2 Å². The zero-order valence-electron chi connectivity index (χ0n) is 15.5. The maximum absolute atomic E-state index is 12.7. The van der Waals surface area contributed by atoms with Crippen LogP contribution >= 0.6 is 15.9 Å². The summed E-state index contributed by atoms with van der Waals surface area (Å²) in [6.07, 6.45) is 6.17. The smallest absolute Gasteiger partial charge is 0.294 e. The first-order chi connectivity index (χ1) is 14.5. The van der Waals surface area contributed by atoms with Crippen molar-refractivity contribution in [1.82, 2.24) is 19.3 Å². The summed E-state index contributed by atoms with van der Waals surface area (Å²) in [5.41, 5.74) is 1.32. The van der Waals surface area contributed by atoms with Gasteiger partial charge in [0.25, 0.3) is 11.6 Å². The molecule has 0 saturated carbocycles. The van der Waals surface area contributed by atoms with Gasteiger partial charge in [-0.15, -0.1) is 0 Å². The second-order valence-corrected chi connectivity index (χ2v) is 7.30. The van der Waals surface area contributed by atoms with Crippen molar-refractivity contribution < 1.29 is 9.72 Å². The van der Waals surface area contributed by atoms with Gasteiger partial charge in [-0.2, -0.15) is 5.10 Å². The molecule has 2 aromatic carbocycles. The number of aromatic nitrogens is 4. The Morgan fingerprint density at radius 1 is 1.13 bits per heavy atom. The van der Waals surface area contributed by atoms with E-state index < -0.39 is 10.8 Å². The summed E-state index contributed by atoms with van der Waals surface area (Å²) in [5, 5.41) is 18.5. The molecule has 0 spiro atoms. The third kappa shape index (κ3) is 4.13. The van der Waals surface area contributed by atoms with Gasteiger partial charge >= 0.3 is 0 Å². The number of nitrogens with zero attached hydrogens (tertiary/aromatic N) is 5. The van der Waals surface area contributed by atoms with E-state index in [1.54, 1.807) is 23.1 Å². The van der Waals surface area contributed by atoms with Gasteiger partial charge in [0, 0.05) is 34.6 Å². The number of amides is 1. The molecule has 0 atom stereocenters. The van der Waals surface area contributed by atoms with Crippen LogP contribution in [0.15, 0.2) is 77.9 Å². The molecule has 0 saturated heterocycles. The van der Waals surface area contributed by atoms with E-state index in [0.29, 0.717) is 18.1 Å². The molecular formula is C20H15BrN6O3. The lowest BCUT2D eigenvalue weighted by atomic mass is 10.1. The molecule has 150 valence electrons.